The van der Waals surface area contributed by atoms with E-state index in [4.69, 9.17) is 9.47 Å². The maximum atomic E-state index is 5.45. The Morgan fingerprint density at radius 3 is 2.92 bits per heavy atom. The second kappa shape index (κ2) is 7.97. The van der Waals surface area contributed by atoms with Crippen molar-refractivity contribution in [3.63, 3.8) is 0 Å². The Labute approximate surface area is 142 Å². The molecule has 1 saturated heterocycles. The zero-order valence-corrected chi connectivity index (χ0v) is 14.2. The molecule has 6 heteroatoms. The summed E-state index contributed by atoms with van der Waals surface area (Å²) in [7, 11) is 3.38. The van der Waals surface area contributed by atoms with E-state index >= 15 is 0 Å². The number of aromatic nitrogens is 2. The highest BCUT2D eigenvalue weighted by atomic mass is 16.5. The number of rotatable bonds is 6. The van der Waals surface area contributed by atoms with Gasteiger partial charge in [0.15, 0.2) is 5.82 Å². The number of piperidine rings is 1. The third kappa shape index (κ3) is 3.94. The molecule has 1 N–H and O–H groups in total. The highest BCUT2D eigenvalue weighted by Crippen LogP contribution is 2.24. The molecule has 1 fully saturated rings. The van der Waals surface area contributed by atoms with Crippen molar-refractivity contribution < 1.29 is 9.47 Å². The lowest BCUT2D eigenvalue weighted by molar-refractivity contribution is 0.387. The normalized spacial score (nSPS) is 17.6. The Morgan fingerprint density at radius 1 is 1.25 bits per heavy atom. The van der Waals surface area contributed by atoms with Gasteiger partial charge in [-0.25, -0.2) is 0 Å². The zero-order valence-electron chi connectivity index (χ0n) is 14.2. The molecule has 6 nitrogen and oxygen atoms in total. The molecule has 0 spiro atoms. The van der Waals surface area contributed by atoms with Gasteiger partial charge in [0.2, 0.25) is 0 Å². The number of nitrogens with zero attached hydrogens (tertiary/aromatic N) is 3. The molecule has 1 aliphatic rings. The monoisotopic (exact) mass is 328 g/mol. The van der Waals surface area contributed by atoms with E-state index in [9.17, 15) is 0 Å². The smallest absolute Gasteiger partial charge is 0.151 e. The minimum atomic E-state index is 0.414. The molecule has 0 saturated carbocycles. The zero-order chi connectivity index (χ0) is 16.8. The van der Waals surface area contributed by atoms with E-state index in [2.05, 4.69) is 20.4 Å². The summed E-state index contributed by atoms with van der Waals surface area (Å²) in [6, 6.07) is 10.2. The van der Waals surface area contributed by atoms with E-state index in [1.165, 1.54) is 0 Å². The van der Waals surface area contributed by atoms with Crippen LogP contribution in [0.4, 0.5) is 5.82 Å². The van der Waals surface area contributed by atoms with Gasteiger partial charge in [0, 0.05) is 37.4 Å². The van der Waals surface area contributed by atoms with Crippen molar-refractivity contribution in [3.8, 4) is 11.5 Å². The van der Waals surface area contributed by atoms with Crippen LogP contribution in [0.25, 0.3) is 0 Å². The fourth-order valence-corrected chi connectivity index (χ4v) is 3.09. The minimum absolute atomic E-state index is 0.414. The first-order valence-corrected chi connectivity index (χ1v) is 8.27. The molecule has 0 unspecified atom stereocenters. The molecule has 24 heavy (non-hydrogen) atoms. The summed E-state index contributed by atoms with van der Waals surface area (Å²) >= 11 is 0. The molecule has 128 valence electrons. The highest BCUT2D eigenvalue weighted by Gasteiger charge is 2.21. The number of nitrogens with one attached hydrogen (secondary N) is 1. The van der Waals surface area contributed by atoms with Gasteiger partial charge >= 0.3 is 0 Å². The second-order valence-electron chi connectivity index (χ2n) is 5.93. The van der Waals surface area contributed by atoms with E-state index in [1.807, 2.05) is 30.3 Å². The molecule has 2 aromatic rings. The van der Waals surface area contributed by atoms with Crippen LogP contribution in [0, 0.1) is 0 Å². The van der Waals surface area contributed by atoms with E-state index < -0.39 is 0 Å². The van der Waals surface area contributed by atoms with Gasteiger partial charge in [-0.15, -0.1) is 5.10 Å². The van der Waals surface area contributed by atoms with Crippen LogP contribution in [0.3, 0.4) is 0 Å². The summed E-state index contributed by atoms with van der Waals surface area (Å²) < 4.78 is 10.8. The lowest BCUT2D eigenvalue weighted by Crippen LogP contribution is -2.45. The average Bonchev–Trinajstić information content (AvgIpc) is 2.67. The molecule has 1 atom stereocenters. The molecule has 0 bridgehead atoms. The summed E-state index contributed by atoms with van der Waals surface area (Å²) in [6.07, 6.45) is 4.00. The second-order valence-corrected chi connectivity index (χ2v) is 5.93. The van der Waals surface area contributed by atoms with Crippen molar-refractivity contribution in [2.75, 3.05) is 32.2 Å². The van der Waals surface area contributed by atoms with Crippen molar-refractivity contribution in [2.45, 2.75) is 25.4 Å². The maximum Gasteiger partial charge on any atom is 0.151 e. The van der Waals surface area contributed by atoms with Crippen LogP contribution >= 0.6 is 0 Å². The summed E-state index contributed by atoms with van der Waals surface area (Å²) in [4.78, 5) is 2.29. The molecule has 0 radical (unpaired) electrons. The number of anilines is 1. The number of hydrogen-bond acceptors (Lipinski definition) is 6. The standard InChI is InChI=1S/C18H24N4O2/c1-23-16-7-8-17(24-2)14(11-16)12-19-15-5-4-10-22(13-15)18-6-3-9-20-21-18/h3,6-9,11,15,19H,4-5,10,12-13H2,1-2H3/t15-/m1/s1. The molecule has 0 aliphatic carbocycles. The van der Waals surface area contributed by atoms with Gasteiger partial charge in [-0.05, 0) is 43.2 Å². The Bertz CT molecular complexity index is 651. The molecule has 2 heterocycles. The number of hydrogen-bond donors (Lipinski definition) is 1. The summed E-state index contributed by atoms with van der Waals surface area (Å²) in [5.74, 6) is 2.67. The lowest BCUT2D eigenvalue weighted by Gasteiger charge is -2.33. The van der Waals surface area contributed by atoms with Crippen molar-refractivity contribution in [3.05, 3.63) is 42.1 Å². The minimum Gasteiger partial charge on any atom is -0.497 e. The quantitative estimate of drug-likeness (QED) is 0.878. The van der Waals surface area contributed by atoms with Gasteiger partial charge < -0.3 is 19.7 Å². The molecule has 1 aromatic carbocycles. The Balaban J connectivity index is 1.62. The van der Waals surface area contributed by atoms with Crippen molar-refractivity contribution in [1.82, 2.24) is 15.5 Å². The van der Waals surface area contributed by atoms with Gasteiger partial charge in [0.05, 0.1) is 14.2 Å². The molecular formula is C18H24N4O2. The van der Waals surface area contributed by atoms with Gasteiger partial charge in [-0.3, -0.25) is 0 Å². The number of benzene rings is 1. The fourth-order valence-electron chi connectivity index (χ4n) is 3.09. The van der Waals surface area contributed by atoms with Crippen LogP contribution in [0.5, 0.6) is 11.5 Å². The molecule has 1 aliphatic heterocycles. The van der Waals surface area contributed by atoms with Crippen LogP contribution < -0.4 is 19.7 Å². The largest absolute Gasteiger partial charge is 0.497 e. The van der Waals surface area contributed by atoms with Gasteiger partial charge in [-0.2, -0.15) is 5.10 Å². The Morgan fingerprint density at radius 2 is 2.17 bits per heavy atom. The summed E-state index contributed by atoms with van der Waals surface area (Å²) in [5, 5.41) is 11.8. The van der Waals surface area contributed by atoms with Crippen molar-refractivity contribution in [2.24, 2.45) is 0 Å². The SMILES string of the molecule is COc1ccc(OC)c(CN[C@@H]2CCCN(c3cccnn3)C2)c1. The van der Waals surface area contributed by atoms with E-state index in [1.54, 1.807) is 20.4 Å². The average molecular weight is 328 g/mol. The van der Waals surface area contributed by atoms with Gasteiger partial charge in [0.1, 0.15) is 11.5 Å². The molecular weight excluding hydrogens is 304 g/mol. The summed E-state index contributed by atoms with van der Waals surface area (Å²) in [6.45, 7) is 2.71. The predicted octanol–water partition coefficient (Wildman–Crippen LogP) is 2.25. The first-order chi connectivity index (χ1) is 11.8. The lowest BCUT2D eigenvalue weighted by atomic mass is 10.0. The van der Waals surface area contributed by atoms with Crippen LogP contribution in [0.1, 0.15) is 18.4 Å². The maximum absolute atomic E-state index is 5.45. The van der Waals surface area contributed by atoms with Crippen LogP contribution in [-0.2, 0) is 6.54 Å². The van der Waals surface area contributed by atoms with Crippen LogP contribution in [0.15, 0.2) is 36.5 Å². The van der Waals surface area contributed by atoms with Crippen molar-refractivity contribution in [1.29, 1.82) is 0 Å². The first-order valence-electron chi connectivity index (χ1n) is 8.27. The third-order valence-corrected chi connectivity index (χ3v) is 4.37. The van der Waals surface area contributed by atoms with Crippen LogP contribution in [0.2, 0.25) is 0 Å². The molecule has 3 rings (SSSR count). The molecule has 0 amide bonds. The van der Waals surface area contributed by atoms with E-state index in [0.717, 1.165) is 55.4 Å². The van der Waals surface area contributed by atoms with E-state index in [-0.39, 0.29) is 0 Å². The van der Waals surface area contributed by atoms with Gasteiger partial charge in [-0.1, -0.05) is 0 Å². The predicted molar refractivity (Wildman–Crippen MR) is 93.7 cm³/mol. The third-order valence-electron chi connectivity index (χ3n) is 4.37. The van der Waals surface area contributed by atoms with Crippen LogP contribution in [-0.4, -0.2) is 43.5 Å². The number of methoxy groups -OCH3 is 2. The van der Waals surface area contributed by atoms with E-state index in [0.29, 0.717) is 6.04 Å². The first kappa shape index (κ1) is 16.5. The van der Waals surface area contributed by atoms with Crippen molar-refractivity contribution >= 4 is 5.82 Å². The molecule has 1 aromatic heterocycles. The highest BCUT2D eigenvalue weighted by molar-refractivity contribution is 5.40. The number of ether oxygens (including phenoxy) is 2. The van der Waals surface area contributed by atoms with Gasteiger partial charge in [0.25, 0.3) is 0 Å². The Kier molecular flexibility index (Phi) is 5.48. The summed E-state index contributed by atoms with van der Waals surface area (Å²) in [5.41, 5.74) is 1.11. The fraction of sp³-hybridized carbons (Fsp3) is 0.444. The Hall–Kier alpha value is -2.34. The topological polar surface area (TPSA) is 59.5 Å².